The standard InChI is InChI=1S/C14H17NO/c1-3-11-5-7-13(8-6-11)15-10-12(4-2)9-14(15)16/h4-8,12H,2-3,9-10H2,1H3. The number of carbonyl (C=O) groups excluding carboxylic acids is 1. The third-order valence-corrected chi connectivity index (χ3v) is 3.14. The largest absolute Gasteiger partial charge is 0.312 e. The topological polar surface area (TPSA) is 20.3 Å². The number of benzene rings is 1. The molecule has 0 radical (unpaired) electrons. The van der Waals surface area contributed by atoms with E-state index in [4.69, 9.17) is 0 Å². The second-order valence-electron chi connectivity index (χ2n) is 4.22. The molecule has 0 saturated carbocycles. The molecule has 1 fully saturated rings. The molecule has 2 rings (SSSR count). The minimum Gasteiger partial charge on any atom is -0.312 e. The Hall–Kier alpha value is -1.57. The van der Waals surface area contributed by atoms with Crippen molar-refractivity contribution in [2.45, 2.75) is 19.8 Å². The lowest BCUT2D eigenvalue weighted by molar-refractivity contribution is -0.117. The van der Waals surface area contributed by atoms with Gasteiger partial charge in [-0.05, 0) is 24.1 Å². The van der Waals surface area contributed by atoms with Gasteiger partial charge in [-0.3, -0.25) is 4.79 Å². The van der Waals surface area contributed by atoms with Crippen molar-refractivity contribution in [2.24, 2.45) is 5.92 Å². The molecule has 1 saturated heterocycles. The summed E-state index contributed by atoms with van der Waals surface area (Å²) in [5.41, 5.74) is 2.31. The van der Waals surface area contributed by atoms with Crippen molar-refractivity contribution in [1.82, 2.24) is 0 Å². The summed E-state index contributed by atoms with van der Waals surface area (Å²) in [4.78, 5) is 13.6. The van der Waals surface area contributed by atoms with Gasteiger partial charge in [0, 0.05) is 24.6 Å². The van der Waals surface area contributed by atoms with Crippen LogP contribution < -0.4 is 4.90 Å². The average Bonchev–Trinajstić information content (AvgIpc) is 2.71. The molecule has 2 nitrogen and oxygen atoms in total. The van der Waals surface area contributed by atoms with Gasteiger partial charge in [0.15, 0.2) is 0 Å². The van der Waals surface area contributed by atoms with Crippen LogP contribution in [0.15, 0.2) is 36.9 Å². The molecular weight excluding hydrogens is 198 g/mol. The Kier molecular flexibility index (Phi) is 3.09. The van der Waals surface area contributed by atoms with Crippen LogP contribution in [0.4, 0.5) is 5.69 Å². The van der Waals surface area contributed by atoms with Crippen LogP contribution in [0.2, 0.25) is 0 Å². The Balaban J connectivity index is 2.17. The molecular formula is C14H17NO. The molecule has 16 heavy (non-hydrogen) atoms. The second kappa shape index (κ2) is 4.52. The van der Waals surface area contributed by atoms with Crippen LogP contribution in [0.1, 0.15) is 18.9 Å². The lowest BCUT2D eigenvalue weighted by atomic mass is 10.1. The Labute approximate surface area is 96.6 Å². The van der Waals surface area contributed by atoms with E-state index in [0.29, 0.717) is 12.3 Å². The molecule has 1 aliphatic rings. The van der Waals surface area contributed by atoms with Gasteiger partial charge in [0.2, 0.25) is 5.91 Å². The molecule has 0 spiro atoms. The van der Waals surface area contributed by atoms with Crippen LogP contribution in [0.3, 0.4) is 0 Å². The van der Waals surface area contributed by atoms with Gasteiger partial charge in [-0.15, -0.1) is 6.58 Å². The van der Waals surface area contributed by atoms with Gasteiger partial charge >= 0.3 is 0 Å². The number of aryl methyl sites for hydroxylation is 1. The monoisotopic (exact) mass is 215 g/mol. The van der Waals surface area contributed by atoms with Crippen molar-refractivity contribution in [1.29, 1.82) is 0 Å². The molecule has 1 atom stereocenters. The SMILES string of the molecule is C=CC1CC(=O)N(c2ccc(CC)cc2)C1. The molecule has 0 bridgehead atoms. The summed E-state index contributed by atoms with van der Waals surface area (Å²) in [6, 6.07) is 8.23. The first-order valence-corrected chi connectivity index (χ1v) is 5.76. The molecule has 0 aromatic heterocycles. The normalized spacial score (nSPS) is 20.2. The summed E-state index contributed by atoms with van der Waals surface area (Å²) in [7, 11) is 0. The van der Waals surface area contributed by atoms with Crippen LogP contribution in [-0.2, 0) is 11.2 Å². The highest BCUT2D eigenvalue weighted by Crippen LogP contribution is 2.25. The summed E-state index contributed by atoms with van der Waals surface area (Å²) >= 11 is 0. The summed E-state index contributed by atoms with van der Waals surface area (Å²) < 4.78 is 0. The van der Waals surface area contributed by atoms with E-state index >= 15 is 0 Å². The van der Waals surface area contributed by atoms with Gasteiger partial charge in [0.25, 0.3) is 0 Å². The highest BCUT2D eigenvalue weighted by molar-refractivity contribution is 5.95. The van der Waals surface area contributed by atoms with E-state index in [1.807, 2.05) is 23.1 Å². The molecule has 0 N–H and O–H groups in total. The summed E-state index contributed by atoms with van der Waals surface area (Å²) in [5.74, 6) is 0.507. The smallest absolute Gasteiger partial charge is 0.227 e. The van der Waals surface area contributed by atoms with Crippen molar-refractivity contribution >= 4 is 11.6 Å². The van der Waals surface area contributed by atoms with Crippen molar-refractivity contribution in [2.75, 3.05) is 11.4 Å². The van der Waals surface area contributed by atoms with Crippen LogP contribution in [0.25, 0.3) is 0 Å². The number of hydrogen-bond donors (Lipinski definition) is 0. The molecule has 1 aromatic rings. The summed E-state index contributed by atoms with van der Waals surface area (Å²) in [6.07, 6.45) is 3.50. The Morgan fingerprint density at radius 3 is 2.62 bits per heavy atom. The van der Waals surface area contributed by atoms with Crippen LogP contribution in [-0.4, -0.2) is 12.5 Å². The maximum absolute atomic E-state index is 11.8. The van der Waals surface area contributed by atoms with Crippen molar-refractivity contribution in [3.05, 3.63) is 42.5 Å². The van der Waals surface area contributed by atoms with Gasteiger partial charge in [-0.2, -0.15) is 0 Å². The summed E-state index contributed by atoms with van der Waals surface area (Å²) in [5, 5.41) is 0. The number of nitrogens with zero attached hydrogens (tertiary/aromatic N) is 1. The molecule has 0 aliphatic carbocycles. The third kappa shape index (κ3) is 2.01. The van der Waals surface area contributed by atoms with E-state index in [0.717, 1.165) is 18.7 Å². The van der Waals surface area contributed by atoms with E-state index in [2.05, 4.69) is 25.6 Å². The third-order valence-electron chi connectivity index (χ3n) is 3.14. The van der Waals surface area contributed by atoms with E-state index in [1.54, 1.807) is 0 Å². The van der Waals surface area contributed by atoms with Crippen molar-refractivity contribution in [3.63, 3.8) is 0 Å². The predicted octanol–water partition coefficient (Wildman–Crippen LogP) is 2.79. The lowest BCUT2D eigenvalue weighted by Crippen LogP contribution is -2.24. The van der Waals surface area contributed by atoms with Crippen molar-refractivity contribution < 1.29 is 4.79 Å². The number of hydrogen-bond acceptors (Lipinski definition) is 1. The second-order valence-corrected chi connectivity index (χ2v) is 4.22. The number of anilines is 1. The number of carbonyl (C=O) groups is 1. The zero-order valence-electron chi connectivity index (χ0n) is 9.65. The quantitative estimate of drug-likeness (QED) is 0.710. The Morgan fingerprint density at radius 1 is 1.44 bits per heavy atom. The first-order valence-electron chi connectivity index (χ1n) is 5.76. The highest BCUT2D eigenvalue weighted by atomic mass is 16.2. The highest BCUT2D eigenvalue weighted by Gasteiger charge is 2.28. The molecule has 84 valence electrons. The van der Waals surface area contributed by atoms with Gasteiger partial charge in [-0.1, -0.05) is 25.1 Å². The van der Waals surface area contributed by atoms with E-state index < -0.39 is 0 Å². The minimum absolute atomic E-state index is 0.203. The molecule has 1 amide bonds. The molecule has 1 unspecified atom stereocenters. The van der Waals surface area contributed by atoms with Gasteiger partial charge in [0.05, 0.1) is 0 Å². The average molecular weight is 215 g/mol. The molecule has 1 heterocycles. The fourth-order valence-corrected chi connectivity index (χ4v) is 2.05. The van der Waals surface area contributed by atoms with E-state index in [1.165, 1.54) is 5.56 Å². The van der Waals surface area contributed by atoms with Gasteiger partial charge < -0.3 is 4.90 Å². The van der Waals surface area contributed by atoms with Gasteiger partial charge in [0.1, 0.15) is 0 Å². The van der Waals surface area contributed by atoms with E-state index in [-0.39, 0.29) is 5.91 Å². The number of amides is 1. The van der Waals surface area contributed by atoms with Crippen molar-refractivity contribution in [3.8, 4) is 0 Å². The molecule has 1 aromatic carbocycles. The van der Waals surface area contributed by atoms with Gasteiger partial charge in [-0.25, -0.2) is 0 Å². The number of rotatable bonds is 3. The lowest BCUT2D eigenvalue weighted by Gasteiger charge is -2.16. The van der Waals surface area contributed by atoms with Crippen LogP contribution >= 0.6 is 0 Å². The fourth-order valence-electron chi connectivity index (χ4n) is 2.05. The molecule has 1 aliphatic heterocycles. The van der Waals surface area contributed by atoms with Crippen LogP contribution in [0, 0.1) is 5.92 Å². The zero-order chi connectivity index (χ0) is 11.5. The van der Waals surface area contributed by atoms with Crippen LogP contribution in [0.5, 0.6) is 0 Å². The Bertz CT molecular complexity index is 394. The summed E-state index contributed by atoms with van der Waals surface area (Å²) in [6.45, 7) is 6.65. The Morgan fingerprint density at radius 2 is 2.12 bits per heavy atom. The fraction of sp³-hybridized carbons (Fsp3) is 0.357. The first-order chi connectivity index (χ1) is 7.74. The minimum atomic E-state index is 0.203. The predicted molar refractivity (Wildman–Crippen MR) is 66.5 cm³/mol. The molecule has 2 heteroatoms. The zero-order valence-corrected chi connectivity index (χ0v) is 9.65. The first kappa shape index (κ1) is 10.9. The maximum atomic E-state index is 11.8. The van der Waals surface area contributed by atoms with E-state index in [9.17, 15) is 4.79 Å². The maximum Gasteiger partial charge on any atom is 0.227 e.